The Morgan fingerprint density at radius 1 is 1.14 bits per heavy atom. The molecule has 0 radical (unpaired) electrons. The summed E-state index contributed by atoms with van der Waals surface area (Å²) in [5, 5.41) is 4.38. The predicted molar refractivity (Wildman–Crippen MR) is 116 cm³/mol. The molecule has 1 aliphatic heterocycles. The molecule has 3 rings (SSSR count). The van der Waals surface area contributed by atoms with Gasteiger partial charge in [-0.2, -0.15) is 0 Å². The standard InChI is InChI=1S/C22H26BrN3O2/c1-2-28-22(27)21(25-24-20-10-8-19(23)9-11-20)26-14-12-18(13-15-26)16-17-6-4-3-5-7-17/h3-11,18,24H,2,12-16H2,1H3. The van der Waals surface area contributed by atoms with Crippen molar-refractivity contribution < 1.29 is 9.53 Å². The van der Waals surface area contributed by atoms with Crippen LogP contribution in [0, 0.1) is 5.92 Å². The van der Waals surface area contributed by atoms with Gasteiger partial charge in [0.2, 0.25) is 5.84 Å². The third-order valence-electron chi connectivity index (χ3n) is 4.87. The maximum absolute atomic E-state index is 12.4. The van der Waals surface area contributed by atoms with E-state index in [-0.39, 0.29) is 5.97 Å². The van der Waals surface area contributed by atoms with Crippen molar-refractivity contribution in [2.24, 2.45) is 11.0 Å². The highest BCUT2D eigenvalue weighted by atomic mass is 79.9. The lowest BCUT2D eigenvalue weighted by atomic mass is 9.90. The van der Waals surface area contributed by atoms with Gasteiger partial charge in [0.15, 0.2) is 0 Å². The molecule has 2 aromatic carbocycles. The number of hydrogen-bond acceptors (Lipinski definition) is 4. The number of benzene rings is 2. The number of esters is 1. The van der Waals surface area contributed by atoms with E-state index < -0.39 is 0 Å². The summed E-state index contributed by atoms with van der Waals surface area (Å²) < 4.78 is 6.22. The first-order chi connectivity index (χ1) is 13.7. The summed E-state index contributed by atoms with van der Waals surface area (Å²) in [6.45, 7) is 3.75. The van der Waals surface area contributed by atoms with Crippen molar-refractivity contribution in [3.8, 4) is 0 Å². The van der Waals surface area contributed by atoms with E-state index in [2.05, 4.69) is 50.7 Å². The van der Waals surface area contributed by atoms with Crippen molar-refractivity contribution in [1.29, 1.82) is 0 Å². The molecule has 2 aromatic rings. The molecular formula is C22H26BrN3O2. The second kappa shape index (κ2) is 10.3. The number of nitrogens with one attached hydrogen (secondary N) is 1. The quantitative estimate of drug-likeness (QED) is 0.315. The number of halogens is 1. The number of rotatable bonds is 5. The largest absolute Gasteiger partial charge is 0.460 e. The minimum Gasteiger partial charge on any atom is -0.460 e. The Kier molecular flexibility index (Phi) is 7.48. The molecule has 0 unspecified atom stereocenters. The highest BCUT2D eigenvalue weighted by molar-refractivity contribution is 9.10. The molecule has 28 heavy (non-hydrogen) atoms. The molecule has 0 amide bonds. The average molecular weight is 444 g/mol. The van der Waals surface area contributed by atoms with E-state index in [4.69, 9.17) is 4.74 Å². The fraction of sp³-hybridized carbons (Fsp3) is 0.364. The van der Waals surface area contributed by atoms with Gasteiger partial charge >= 0.3 is 5.97 Å². The number of piperidine rings is 1. The Hall–Kier alpha value is -2.34. The van der Waals surface area contributed by atoms with Gasteiger partial charge in [0.1, 0.15) is 0 Å². The molecule has 6 heteroatoms. The average Bonchev–Trinajstić information content (AvgIpc) is 2.72. The van der Waals surface area contributed by atoms with Gasteiger partial charge < -0.3 is 9.64 Å². The molecule has 0 atom stereocenters. The van der Waals surface area contributed by atoms with Gasteiger partial charge in [0.05, 0.1) is 12.3 Å². The molecule has 0 aliphatic carbocycles. The summed E-state index contributed by atoms with van der Waals surface area (Å²) in [4.78, 5) is 14.5. The Morgan fingerprint density at radius 2 is 1.82 bits per heavy atom. The zero-order valence-corrected chi connectivity index (χ0v) is 17.7. The van der Waals surface area contributed by atoms with Crippen LogP contribution < -0.4 is 5.43 Å². The predicted octanol–water partition coefficient (Wildman–Crippen LogP) is 4.69. The minimum absolute atomic E-state index is 0.334. The maximum atomic E-state index is 12.4. The number of nitrogens with zero attached hydrogens (tertiary/aromatic N) is 2. The van der Waals surface area contributed by atoms with E-state index >= 15 is 0 Å². The Balaban J connectivity index is 1.63. The Labute approximate surface area is 174 Å². The second-order valence-corrected chi connectivity index (χ2v) is 7.81. The van der Waals surface area contributed by atoms with Crippen LogP contribution in [0.1, 0.15) is 25.3 Å². The second-order valence-electron chi connectivity index (χ2n) is 6.89. The van der Waals surface area contributed by atoms with Crippen molar-refractivity contribution in [2.45, 2.75) is 26.2 Å². The van der Waals surface area contributed by atoms with E-state index in [1.807, 2.05) is 42.2 Å². The zero-order valence-electron chi connectivity index (χ0n) is 16.1. The minimum atomic E-state index is -0.381. The molecule has 0 saturated carbocycles. The lowest BCUT2D eigenvalue weighted by molar-refractivity contribution is -0.136. The molecule has 1 N–H and O–H groups in total. The van der Waals surface area contributed by atoms with Crippen molar-refractivity contribution in [2.75, 3.05) is 25.1 Å². The van der Waals surface area contributed by atoms with E-state index in [1.54, 1.807) is 0 Å². The van der Waals surface area contributed by atoms with Crippen molar-refractivity contribution >= 4 is 33.4 Å². The van der Waals surface area contributed by atoms with E-state index in [1.165, 1.54) is 5.56 Å². The summed E-state index contributed by atoms with van der Waals surface area (Å²) in [5.41, 5.74) is 5.18. The Morgan fingerprint density at radius 3 is 2.46 bits per heavy atom. The van der Waals surface area contributed by atoms with Crippen LogP contribution in [0.15, 0.2) is 64.2 Å². The third kappa shape index (κ3) is 5.83. The highest BCUT2D eigenvalue weighted by Gasteiger charge is 2.26. The van der Waals surface area contributed by atoms with E-state index in [0.717, 1.165) is 42.5 Å². The number of hydrogen-bond donors (Lipinski definition) is 1. The number of likely N-dealkylation sites (tertiary alicyclic amines) is 1. The lowest BCUT2D eigenvalue weighted by Gasteiger charge is -2.33. The summed E-state index contributed by atoms with van der Waals surface area (Å²) >= 11 is 3.42. The number of anilines is 1. The van der Waals surface area contributed by atoms with Gasteiger partial charge in [-0.25, -0.2) is 4.79 Å². The molecule has 1 aliphatic rings. The molecule has 0 spiro atoms. The first-order valence-corrected chi connectivity index (χ1v) is 10.5. The summed E-state index contributed by atoms with van der Waals surface area (Å²) in [5.74, 6) is 0.595. The van der Waals surface area contributed by atoms with Crippen LogP contribution >= 0.6 is 15.9 Å². The third-order valence-corrected chi connectivity index (χ3v) is 5.40. The lowest BCUT2D eigenvalue weighted by Crippen LogP contribution is -2.43. The number of carbonyl (C=O) groups is 1. The first kappa shape index (κ1) is 20.4. The molecule has 5 nitrogen and oxygen atoms in total. The topological polar surface area (TPSA) is 53.9 Å². The molecule has 1 saturated heterocycles. The molecule has 1 fully saturated rings. The fourth-order valence-electron chi connectivity index (χ4n) is 3.38. The smallest absolute Gasteiger partial charge is 0.375 e. The van der Waals surface area contributed by atoms with Gasteiger partial charge in [-0.05, 0) is 61.9 Å². The van der Waals surface area contributed by atoms with Crippen LogP contribution in [0.5, 0.6) is 0 Å². The molecule has 0 bridgehead atoms. The normalized spacial score (nSPS) is 15.4. The summed E-state index contributed by atoms with van der Waals surface area (Å²) in [6, 6.07) is 18.2. The van der Waals surface area contributed by atoms with Crippen LogP contribution in [0.3, 0.4) is 0 Å². The van der Waals surface area contributed by atoms with Crippen molar-refractivity contribution in [3.63, 3.8) is 0 Å². The fourth-order valence-corrected chi connectivity index (χ4v) is 3.64. The number of amidine groups is 1. The monoisotopic (exact) mass is 443 g/mol. The number of carbonyl (C=O) groups excluding carboxylic acids is 1. The number of hydrazone groups is 1. The van der Waals surface area contributed by atoms with Gasteiger partial charge in [0, 0.05) is 17.6 Å². The summed E-state index contributed by atoms with van der Waals surface area (Å²) in [6.07, 6.45) is 3.15. The summed E-state index contributed by atoms with van der Waals surface area (Å²) in [7, 11) is 0. The zero-order chi connectivity index (χ0) is 19.8. The van der Waals surface area contributed by atoms with E-state index in [0.29, 0.717) is 18.4 Å². The molecule has 148 valence electrons. The van der Waals surface area contributed by atoms with Crippen LogP contribution in [-0.4, -0.2) is 36.4 Å². The van der Waals surface area contributed by atoms with Crippen LogP contribution in [-0.2, 0) is 16.0 Å². The van der Waals surface area contributed by atoms with Gasteiger partial charge in [0.25, 0.3) is 0 Å². The van der Waals surface area contributed by atoms with Crippen LogP contribution in [0.25, 0.3) is 0 Å². The van der Waals surface area contributed by atoms with E-state index in [9.17, 15) is 4.79 Å². The van der Waals surface area contributed by atoms with Crippen LogP contribution in [0.2, 0.25) is 0 Å². The SMILES string of the molecule is CCOC(=O)C(=NNc1ccc(Br)cc1)N1CCC(Cc2ccccc2)CC1. The maximum Gasteiger partial charge on any atom is 0.375 e. The Bertz CT molecular complexity index is 785. The molecular weight excluding hydrogens is 418 g/mol. The molecule has 0 aromatic heterocycles. The first-order valence-electron chi connectivity index (χ1n) is 9.71. The van der Waals surface area contributed by atoms with Crippen molar-refractivity contribution in [3.05, 3.63) is 64.6 Å². The van der Waals surface area contributed by atoms with Gasteiger partial charge in [-0.15, -0.1) is 5.10 Å². The molecule has 1 heterocycles. The van der Waals surface area contributed by atoms with Crippen molar-refractivity contribution in [1.82, 2.24) is 4.90 Å². The highest BCUT2D eigenvalue weighted by Crippen LogP contribution is 2.22. The van der Waals surface area contributed by atoms with Gasteiger partial charge in [-0.1, -0.05) is 46.3 Å². The van der Waals surface area contributed by atoms with Gasteiger partial charge in [-0.3, -0.25) is 5.43 Å². The van der Waals surface area contributed by atoms with Crippen LogP contribution in [0.4, 0.5) is 5.69 Å². The number of ether oxygens (including phenoxy) is 1.